The lowest BCUT2D eigenvalue weighted by Crippen LogP contribution is -2.47. The normalized spacial score (nSPS) is 13.4. The second kappa shape index (κ2) is 13.4. The average molecular weight is 385 g/mol. The van der Waals surface area contributed by atoms with Crippen LogP contribution < -0.4 is 11.1 Å². The van der Waals surface area contributed by atoms with Gasteiger partial charge in [-0.25, -0.2) is 0 Å². The molecule has 2 amide bonds. The number of hydrogen-bond donors (Lipinski definition) is 2. The minimum absolute atomic E-state index is 0.0951. The third-order valence-corrected chi connectivity index (χ3v) is 3.85. The van der Waals surface area contributed by atoms with Crippen LogP contribution in [0.4, 0.5) is 0 Å². The quantitative estimate of drug-likeness (QED) is 0.561. The van der Waals surface area contributed by atoms with Gasteiger partial charge >= 0.3 is 0 Å². The summed E-state index contributed by atoms with van der Waals surface area (Å²) in [7, 11) is 0. The predicted molar refractivity (Wildman–Crippen MR) is 109 cm³/mol. The molecule has 0 aromatic heterocycles. The monoisotopic (exact) mass is 385 g/mol. The van der Waals surface area contributed by atoms with E-state index in [1.165, 1.54) is 0 Å². The molecule has 3 N–H and O–H groups in total. The van der Waals surface area contributed by atoms with Gasteiger partial charge in [0.1, 0.15) is 6.04 Å². The van der Waals surface area contributed by atoms with Crippen LogP contribution in [0.5, 0.6) is 0 Å². The first kappa shape index (κ1) is 23.3. The number of carbonyl (C=O) groups excluding carboxylic acids is 2. The number of nitrogens with two attached hydrogens (primary N) is 1. The Labute approximate surface area is 171 Å². The van der Waals surface area contributed by atoms with E-state index in [1.807, 2.05) is 13.8 Å². The second-order valence-electron chi connectivity index (χ2n) is 6.23. The molecule has 1 fully saturated rings. The van der Waals surface area contributed by atoms with Gasteiger partial charge in [-0.2, -0.15) is 0 Å². The molecule has 5 nitrogen and oxygen atoms in total. The molecule has 1 rings (SSSR count). The van der Waals surface area contributed by atoms with Crippen molar-refractivity contribution in [3.8, 4) is 0 Å². The molecule has 1 atom stereocenters. The Kier molecular flexibility index (Phi) is 10.7. The molecule has 0 aromatic carbocycles. The van der Waals surface area contributed by atoms with Gasteiger partial charge in [-0.1, -0.05) is 25.3 Å². The third kappa shape index (κ3) is 8.19. The van der Waals surface area contributed by atoms with Crippen molar-refractivity contribution in [1.82, 2.24) is 10.2 Å². The summed E-state index contributed by atoms with van der Waals surface area (Å²) in [6.07, 6.45) is 1.41. The Morgan fingerprint density at radius 2 is 1.66 bits per heavy atom. The zero-order valence-corrected chi connectivity index (χ0v) is 16.7. The molecule has 146 valence electrons. The summed E-state index contributed by atoms with van der Waals surface area (Å²) in [5.74, 6) is -0.499. The Morgan fingerprint density at radius 1 is 1.07 bits per heavy atom. The number of hydrogen-bond acceptors (Lipinski definition) is 3. The van der Waals surface area contributed by atoms with Crippen molar-refractivity contribution in [2.24, 2.45) is 11.7 Å². The van der Waals surface area contributed by atoms with Crippen LogP contribution >= 0.6 is 0 Å². The van der Waals surface area contributed by atoms with E-state index < -0.39 is 6.04 Å². The lowest BCUT2D eigenvalue weighted by molar-refractivity contribution is -0.136. The molecule has 0 radical (unpaired) electrons. The molecule has 5 heteroatoms. The number of nitrogens with one attached hydrogen (secondary N) is 1. The summed E-state index contributed by atoms with van der Waals surface area (Å²) in [4.78, 5) is 26.8. The molecular weight excluding hydrogens is 362 g/mol. The topological polar surface area (TPSA) is 75.4 Å². The Morgan fingerprint density at radius 3 is 2.21 bits per heavy atom. The van der Waals surface area contributed by atoms with Crippen LogP contribution in [-0.2, 0) is 9.59 Å². The van der Waals surface area contributed by atoms with Gasteiger partial charge in [-0.05, 0) is 76.9 Å². The average Bonchev–Trinajstić information content (AvgIpc) is 3.19. The first-order valence-corrected chi connectivity index (χ1v) is 9.21. The van der Waals surface area contributed by atoms with Crippen molar-refractivity contribution < 1.29 is 9.59 Å². The molecule has 1 aliphatic heterocycles. The molecule has 0 aromatic rings. The van der Waals surface area contributed by atoms with E-state index in [0.717, 1.165) is 6.42 Å². The molecule has 0 saturated carbocycles. The molecule has 0 bridgehead atoms. The van der Waals surface area contributed by atoms with Crippen molar-refractivity contribution in [1.29, 1.82) is 0 Å². The zero-order chi connectivity index (χ0) is 21.5. The molecule has 1 unspecified atom stereocenters. The van der Waals surface area contributed by atoms with Crippen LogP contribution in [0.3, 0.4) is 0 Å². The van der Waals surface area contributed by atoms with Crippen LogP contribution in [0.2, 0.25) is 0 Å². The fourth-order valence-electron chi connectivity index (χ4n) is 2.56. The van der Waals surface area contributed by atoms with Crippen molar-refractivity contribution >= 4 is 11.8 Å². The number of nitrogens with zero attached hydrogens (tertiary/aromatic N) is 1. The number of rotatable bonds is 5. The minimum Gasteiger partial charge on any atom is -0.353 e. The van der Waals surface area contributed by atoms with E-state index >= 15 is 0 Å². The standard InChI is InChI=1S/C24H23N3O2/c1-4-5-6-7-8-9-10-11-12-13-15-21(20(2)3)24(29)27-19-14-16-22(27)23(28)26-18-17-25/h20,22H,1,14,16-19,25H2,2-3H3,(H,26,28). The van der Waals surface area contributed by atoms with E-state index in [2.05, 4.69) is 74.9 Å². The van der Waals surface area contributed by atoms with E-state index in [0.29, 0.717) is 31.6 Å². The smallest absolute Gasteiger partial charge is 0.259 e. The van der Waals surface area contributed by atoms with Gasteiger partial charge in [0.25, 0.3) is 5.91 Å². The van der Waals surface area contributed by atoms with Crippen LogP contribution in [-0.4, -0.2) is 42.4 Å². The van der Waals surface area contributed by atoms with E-state index in [1.54, 1.807) is 4.90 Å². The Bertz CT molecular complexity index is 1060. The van der Waals surface area contributed by atoms with E-state index in [4.69, 9.17) is 5.73 Å². The second-order valence-corrected chi connectivity index (χ2v) is 6.23. The Hall–Kier alpha value is -3.78. The zero-order valence-electron chi connectivity index (χ0n) is 16.7. The molecule has 0 aliphatic carbocycles. The SMILES string of the molecule is C=C=C=C=C=C=C=C=C=C=C=C=C(C(=O)N1CCCC1C(=O)NCCN)C(C)C. The lowest BCUT2D eigenvalue weighted by Gasteiger charge is -2.25. The van der Waals surface area contributed by atoms with Crippen LogP contribution in [0.25, 0.3) is 0 Å². The molecular formula is C24H23N3O2. The van der Waals surface area contributed by atoms with Gasteiger partial charge in [0.15, 0.2) is 0 Å². The highest BCUT2D eigenvalue weighted by Crippen LogP contribution is 2.22. The maximum absolute atomic E-state index is 12.9. The number of carbonyl (C=O) groups is 2. The molecule has 0 spiro atoms. The van der Waals surface area contributed by atoms with Gasteiger partial charge in [-0.3, -0.25) is 9.59 Å². The number of likely N-dealkylation sites (tertiary alicyclic amines) is 1. The van der Waals surface area contributed by atoms with Crippen LogP contribution in [0, 0.1) is 5.92 Å². The highest BCUT2D eigenvalue weighted by Gasteiger charge is 2.35. The third-order valence-electron chi connectivity index (χ3n) is 3.85. The highest BCUT2D eigenvalue weighted by molar-refractivity contribution is 5.97. The first-order valence-electron chi connectivity index (χ1n) is 9.21. The maximum atomic E-state index is 12.9. The summed E-state index contributed by atoms with van der Waals surface area (Å²) in [6.45, 7) is 8.36. The van der Waals surface area contributed by atoms with Gasteiger partial charge < -0.3 is 16.0 Å². The van der Waals surface area contributed by atoms with Gasteiger partial charge in [-0.15, -0.1) is 0 Å². The summed E-state index contributed by atoms with van der Waals surface area (Å²) >= 11 is 0. The summed E-state index contributed by atoms with van der Waals surface area (Å²) < 4.78 is 0. The molecule has 29 heavy (non-hydrogen) atoms. The van der Waals surface area contributed by atoms with Crippen molar-refractivity contribution in [3.63, 3.8) is 0 Å². The lowest BCUT2D eigenvalue weighted by atomic mass is 10.0. The number of amides is 2. The summed E-state index contributed by atoms with van der Waals surface area (Å²) in [5, 5.41) is 2.75. The molecule has 1 heterocycles. The van der Waals surface area contributed by atoms with Crippen LogP contribution in [0.1, 0.15) is 26.7 Å². The summed E-state index contributed by atoms with van der Waals surface area (Å²) in [6, 6.07) is -0.484. The minimum atomic E-state index is -0.484. The maximum Gasteiger partial charge on any atom is 0.259 e. The fourth-order valence-corrected chi connectivity index (χ4v) is 2.56. The molecule has 1 aliphatic rings. The van der Waals surface area contributed by atoms with Gasteiger partial charge in [0, 0.05) is 19.6 Å². The summed E-state index contributed by atoms with van der Waals surface area (Å²) in [5.41, 5.74) is 33.8. The van der Waals surface area contributed by atoms with Crippen molar-refractivity contribution in [2.45, 2.75) is 32.7 Å². The van der Waals surface area contributed by atoms with Gasteiger partial charge in [0.05, 0.1) is 5.57 Å². The molecule has 1 saturated heterocycles. The first-order chi connectivity index (χ1) is 14.0. The van der Waals surface area contributed by atoms with Gasteiger partial charge in [0.2, 0.25) is 5.91 Å². The van der Waals surface area contributed by atoms with Crippen molar-refractivity contribution in [2.75, 3.05) is 19.6 Å². The highest BCUT2D eigenvalue weighted by atomic mass is 16.2. The Balaban J connectivity index is 3.25. The van der Waals surface area contributed by atoms with Crippen LogP contribution in [0.15, 0.2) is 75.2 Å². The van der Waals surface area contributed by atoms with Crippen molar-refractivity contribution in [3.05, 3.63) is 75.2 Å². The fraction of sp³-hybridized carbons (Fsp3) is 0.375. The largest absolute Gasteiger partial charge is 0.353 e. The van der Waals surface area contributed by atoms with E-state index in [-0.39, 0.29) is 17.7 Å². The van der Waals surface area contributed by atoms with E-state index in [9.17, 15) is 9.59 Å². The predicted octanol–water partition coefficient (Wildman–Crippen LogP) is 1.97.